The molecule has 2 unspecified atom stereocenters. The van der Waals surface area contributed by atoms with E-state index < -0.39 is 0 Å². The third-order valence-corrected chi connectivity index (χ3v) is 3.89. The lowest BCUT2D eigenvalue weighted by atomic mass is 10.1. The van der Waals surface area contributed by atoms with Crippen LogP contribution in [0.2, 0.25) is 0 Å². The van der Waals surface area contributed by atoms with Crippen LogP contribution in [0.15, 0.2) is 30.3 Å². The van der Waals surface area contributed by atoms with Crippen LogP contribution in [0.3, 0.4) is 0 Å². The van der Waals surface area contributed by atoms with Crippen molar-refractivity contribution >= 4 is 5.91 Å². The van der Waals surface area contributed by atoms with Crippen LogP contribution in [0, 0.1) is 0 Å². The molecule has 1 aromatic carbocycles. The maximum Gasteiger partial charge on any atom is 0.223 e. The second kappa shape index (κ2) is 7.98. The molecule has 0 heterocycles. The predicted octanol–water partition coefficient (Wildman–Crippen LogP) is 4.04. The summed E-state index contributed by atoms with van der Waals surface area (Å²) in [5, 5.41) is 0. The molecule has 1 rings (SSSR count). The van der Waals surface area contributed by atoms with Crippen LogP contribution in [0.1, 0.15) is 52.5 Å². The highest BCUT2D eigenvalue weighted by Crippen LogP contribution is 2.15. The summed E-state index contributed by atoms with van der Waals surface area (Å²) in [6.45, 7) is 8.58. The molecule has 0 radical (unpaired) electrons. The summed E-state index contributed by atoms with van der Waals surface area (Å²) < 4.78 is 0. The van der Waals surface area contributed by atoms with E-state index >= 15 is 0 Å². The Balaban J connectivity index is 2.62. The summed E-state index contributed by atoms with van der Waals surface area (Å²) in [5.74, 6) is 0.285. The summed E-state index contributed by atoms with van der Waals surface area (Å²) in [7, 11) is 0. The Hall–Kier alpha value is -1.31. The van der Waals surface area contributed by atoms with Crippen molar-refractivity contribution in [3.63, 3.8) is 0 Å². The van der Waals surface area contributed by atoms with Crippen LogP contribution in [-0.2, 0) is 11.2 Å². The molecule has 0 N–H and O–H groups in total. The third-order valence-electron chi connectivity index (χ3n) is 3.89. The molecular weight excluding hydrogens is 234 g/mol. The Labute approximate surface area is 117 Å². The van der Waals surface area contributed by atoms with Gasteiger partial charge in [-0.2, -0.15) is 0 Å². The number of hydrogen-bond acceptors (Lipinski definition) is 1. The third kappa shape index (κ3) is 4.70. The number of carbonyl (C=O) groups is 1. The lowest BCUT2D eigenvalue weighted by Gasteiger charge is -2.34. The molecule has 106 valence electrons. The molecule has 0 aliphatic rings. The number of nitrogens with zero attached hydrogens (tertiary/aromatic N) is 1. The molecule has 0 saturated carbocycles. The first-order chi connectivity index (χ1) is 9.10. The van der Waals surface area contributed by atoms with E-state index in [4.69, 9.17) is 0 Å². The van der Waals surface area contributed by atoms with Crippen molar-refractivity contribution in [2.75, 3.05) is 0 Å². The zero-order valence-electron chi connectivity index (χ0n) is 12.7. The zero-order valence-corrected chi connectivity index (χ0v) is 12.7. The first-order valence-corrected chi connectivity index (χ1v) is 7.45. The standard InChI is InChI=1S/C17H27NO/c1-5-14(3)18(15(4)6-2)17(19)13-12-16-10-8-7-9-11-16/h7-11,14-15H,5-6,12-13H2,1-4H3. The van der Waals surface area contributed by atoms with Crippen LogP contribution in [0.5, 0.6) is 0 Å². The molecule has 2 nitrogen and oxygen atoms in total. The van der Waals surface area contributed by atoms with Gasteiger partial charge >= 0.3 is 0 Å². The summed E-state index contributed by atoms with van der Waals surface area (Å²) in [6, 6.07) is 10.9. The normalized spacial score (nSPS) is 13.9. The number of hydrogen-bond donors (Lipinski definition) is 0. The Bertz CT molecular complexity index is 364. The summed E-state index contributed by atoms with van der Waals surface area (Å²) in [5.41, 5.74) is 1.24. The van der Waals surface area contributed by atoms with E-state index in [0.717, 1.165) is 19.3 Å². The van der Waals surface area contributed by atoms with Gasteiger partial charge in [0.15, 0.2) is 0 Å². The van der Waals surface area contributed by atoms with Crippen LogP contribution in [0.4, 0.5) is 0 Å². The quantitative estimate of drug-likeness (QED) is 0.725. The van der Waals surface area contributed by atoms with E-state index in [1.807, 2.05) is 18.2 Å². The minimum absolute atomic E-state index is 0.285. The molecule has 2 heteroatoms. The van der Waals surface area contributed by atoms with E-state index in [0.29, 0.717) is 18.5 Å². The number of rotatable bonds is 7. The molecule has 0 aliphatic carbocycles. The van der Waals surface area contributed by atoms with Gasteiger partial charge < -0.3 is 4.90 Å². The van der Waals surface area contributed by atoms with E-state index in [-0.39, 0.29) is 5.91 Å². The van der Waals surface area contributed by atoms with Gasteiger partial charge in [-0.05, 0) is 38.7 Å². The van der Waals surface area contributed by atoms with Crippen LogP contribution in [0.25, 0.3) is 0 Å². The lowest BCUT2D eigenvalue weighted by Crippen LogP contribution is -2.44. The van der Waals surface area contributed by atoms with Crippen molar-refractivity contribution in [3.8, 4) is 0 Å². The van der Waals surface area contributed by atoms with Gasteiger partial charge in [0.25, 0.3) is 0 Å². The molecule has 0 aliphatic heterocycles. The second-order valence-corrected chi connectivity index (χ2v) is 5.30. The number of carbonyl (C=O) groups excluding carboxylic acids is 1. The maximum absolute atomic E-state index is 12.4. The maximum atomic E-state index is 12.4. The fraction of sp³-hybridized carbons (Fsp3) is 0.588. The smallest absolute Gasteiger partial charge is 0.223 e. The van der Waals surface area contributed by atoms with E-state index in [2.05, 4.69) is 44.7 Å². The first-order valence-electron chi connectivity index (χ1n) is 7.45. The molecular formula is C17H27NO. The van der Waals surface area contributed by atoms with Crippen molar-refractivity contribution in [3.05, 3.63) is 35.9 Å². The fourth-order valence-corrected chi connectivity index (χ4v) is 2.34. The van der Waals surface area contributed by atoms with E-state index in [1.165, 1.54) is 5.56 Å². The molecule has 0 spiro atoms. The second-order valence-electron chi connectivity index (χ2n) is 5.30. The van der Waals surface area contributed by atoms with Crippen LogP contribution >= 0.6 is 0 Å². The Morgan fingerprint density at radius 2 is 1.58 bits per heavy atom. The van der Waals surface area contributed by atoms with Crippen molar-refractivity contribution in [2.45, 2.75) is 65.5 Å². The number of benzene rings is 1. The van der Waals surface area contributed by atoms with Gasteiger partial charge in [-0.1, -0.05) is 44.2 Å². The van der Waals surface area contributed by atoms with Crippen molar-refractivity contribution in [1.82, 2.24) is 4.90 Å². The molecule has 0 saturated heterocycles. The highest BCUT2D eigenvalue weighted by molar-refractivity contribution is 5.77. The van der Waals surface area contributed by atoms with Crippen LogP contribution < -0.4 is 0 Å². The zero-order chi connectivity index (χ0) is 14.3. The lowest BCUT2D eigenvalue weighted by molar-refractivity contribution is -0.135. The van der Waals surface area contributed by atoms with Crippen molar-refractivity contribution in [1.29, 1.82) is 0 Å². The molecule has 0 fully saturated rings. The van der Waals surface area contributed by atoms with E-state index in [1.54, 1.807) is 0 Å². The van der Waals surface area contributed by atoms with Gasteiger partial charge in [-0.25, -0.2) is 0 Å². The topological polar surface area (TPSA) is 20.3 Å². The average molecular weight is 261 g/mol. The number of amides is 1. The van der Waals surface area contributed by atoms with Gasteiger partial charge in [0.1, 0.15) is 0 Å². The van der Waals surface area contributed by atoms with Gasteiger partial charge in [0.05, 0.1) is 0 Å². The minimum Gasteiger partial charge on any atom is -0.337 e. The Morgan fingerprint density at radius 1 is 1.05 bits per heavy atom. The largest absolute Gasteiger partial charge is 0.337 e. The summed E-state index contributed by atoms with van der Waals surface area (Å²) in [4.78, 5) is 14.5. The van der Waals surface area contributed by atoms with Gasteiger partial charge in [0, 0.05) is 18.5 Å². The summed E-state index contributed by atoms with van der Waals surface area (Å²) >= 11 is 0. The van der Waals surface area contributed by atoms with Crippen molar-refractivity contribution < 1.29 is 4.79 Å². The van der Waals surface area contributed by atoms with Crippen molar-refractivity contribution in [2.24, 2.45) is 0 Å². The molecule has 2 atom stereocenters. The molecule has 19 heavy (non-hydrogen) atoms. The SMILES string of the molecule is CCC(C)N(C(=O)CCc1ccccc1)C(C)CC. The molecule has 1 aromatic rings. The predicted molar refractivity (Wildman–Crippen MR) is 81.1 cm³/mol. The minimum atomic E-state index is 0.285. The monoisotopic (exact) mass is 261 g/mol. The molecule has 0 bridgehead atoms. The highest BCUT2D eigenvalue weighted by Gasteiger charge is 2.22. The highest BCUT2D eigenvalue weighted by atomic mass is 16.2. The average Bonchev–Trinajstić information content (AvgIpc) is 2.45. The molecule has 0 aromatic heterocycles. The Morgan fingerprint density at radius 3 is 2.05 bits per heavy atom. The van der Waals surface area contributed by atoms with Crippen LogP contribution in [-0.4, -0.2) is 22.9 Å². The first kappa shape index (κ1) is 15.7. The fourth-order valence-electron chi connectivity index (χ4n) is 2.34. The van der Waals surface area contributed by atoms with Gasteiger partial charge in [0.2, 0.25) is 5.91 Å². The van der Waals surface area contributed by atoms with Gasteiger partial charge in [-0.3, -0.25) is 4.79 Å². The van der Waals surface area contributed by atoms with Gasteiger partial charge in [-0.15, -0.1) is 0 Å². The molecule has 1 amide bonds. The van der Waals surface area contributed by atoms with E-state index in [9.17, 15) is 4.79 Å². The Kier molecular flexibility index (Phi) is 6.61. The summed E-state index contributed by atoms with van der Waals surface area (Å²) in [6.07, 6.45) is 3.48. The number of aryl methyl sites for hydroxylation is 1.